The van der Waals surface area contributed by atoms with Crippen molar-refractivity contribution in [1.29, 1.82) is 0 Å². The van der Waals surface area contributed by atoms with E-state index in [2.05, 4.69) is 4.74 Å². The molecule has 0 fully saturated rings. The van der Waals surface area contributed by atoms with Gasteiger partial charge in [0.15, 0.2) is 0 Å². The van der Waals surface area contributed by atoms with Crippen LogP contribution >= 0.6 is 11.3 Å². The Hall–Kier alpha value is -1.62. The van der Waals surface area contributed by atoms with Crippen LogP contribution in [0.3, 0.4) is 0 Å². The van der Waals surface area contributed by atoms with Gasteiger partial charge in [0, 0.05) is 4.88 Å². The fraction of sp³-hybridized carbons (Fsp3) is 0.0909. The van der Waals surface area contributed by atoms with Crippen LogP contribution in [-0.2, 0) is 0 Å². The van der Waals surface area contributed by atoms with Crippen molar-refractivity contribution in [3.8, 4) is 16.2 Å². The zero-order valence-corrected chi connectivity index (χ0v) is 9.01. The van der Waals surface area contributed by atoms with Gasteiger partial charge in [-0.2, -0.15) is 8.78 Å². The molecule has 0 saturated heterocycles. The van der Waals surface area contributed by atoms with E-state index in [-0.39, 0.29) is 11.4 Å². The van der Waals surface area contributed by atoms with Gasteiger partial charge in [-0.15, -0.1) is 11.3 Å². The average molecular weight is 241 g/mol. The van der Waals surface area contributed by atoms with Crippen molar-refractivity contribution in [3.05, 3.63) is 35.7 Å². The molecule has 2 nitrogen and oxygen atoms in total. The lowest BCUT2D eigenvalue weighted by Gasteiger charge is -2.08. The van der Waals surface area contributed by atoms with Gasteiger partial charge in [0.05, 0.1) is 5.69 Å². The van der Waals surface area contributed by atoms with Gasteiger partial charge < -0.3 is 10.5 Å². The number of hydrogen-bond acceptors (Lipinski definition) is 3. The Bertz CT molecular complexity index is 471. The molecule has 0 radical (unpaired) electrons. The third-order valence-corrected chi connectivity index (χ3v) is 2.95. The van der Waals surface area contributed by atoms with E-state index in [4.69, 9.17) is 5.73 Å². The maximum atomic E-state index is 12.0. The number of halogens is 2. The predicted octanol–water partition coefficient (Wildman–Crippen LogP) is 3.60. The zero-order chi connectivity index (χ0) is 11.5. The van der Waals surface area contributed by atoms with Crippen molar-refractivity contribution in [2.75, 3.05) is 5.73 Å². The van der Waals surface area contributed by atoms with Crippen molar-refractivity contribution in [2.24, 2.45) is 0 Å². The molecule has 1 aromatic carbocycles. The molecule has 0 aliphatic rings. The molecule has 84 valence electrons. The quantitative estimate of drug-likeness (QED) is 0.833. The predicted molar refractivity (Wildman–Crippen MR) is 60.8 cm³/mol. The first-order valence-corrected chi connectivity index (χ1v) is 5.43. The molecule has 0 aliphatic carbocycles. The summed E-state index contributed by atoms with van der Waals surface area (Å²) in [5.74, 6) is 0.00954. The maximum absolute atomic E-state index is 12.0. The van der Waals surface area contributed by atoms with E-state index in [1.165, 1.54) is 6.07 Å². The number of ether oxygens (including phenoxy) is 1. The van der Waals surface area contributed by atoms with E-state index in [0.29, 0.717) is 0 Å². The number of nitrogens with two attached hydrogens (primary N) is 1. The number of anilines is 1. The SMILES string of the molecule is Nc1cc(-c2cccs2)ccc1OC(F)F. The van der Waals surface area contributed by atoms with Gasteiger partial charge in [-0.1, -0.05) is 6.07 Å². The number of benzene rings is 1. The van der Waals surface area contributed by atoms with E-state index in [1.807, 2.05) is 17.5 Å². The second-order valence-corrected chi connectivity index (χ2v) is 4.06. The van der Waals surface area contributed by atoms with E-state index in [0.717, 1.165) is 10.4 Å². The highest BCUT2D eigenvalue weighted by atomic mass is 32.1. The molecule has 5 heteroatoms. The van der Waals surface area contributed by atoms with Crippen molar-refractivity contribution in [2.45, 2.75) is 6.61 Å². The highest BCUT2D eigenvalue weighted by Gasteiger charge is 2.09. The lowest BCUT2D eigenvalue weighted by molar-refractivity contribution is -0.0493. The molecule has 0 aliphatic heterocycles. The number of alkyl halides is 2. The summed E-state index contributed by atoms with van der Waals surface area (Å²) in [6.07, 6.45) is 0. The molecule has 1 aromatic heterocycles. The molecule has 2 N–H and O–H groups in total. The fourth-order valence-electron chi connectivity index (χ4n) is 1.35. The number of thiophene rings is 1. The van der Waals surface area contributed by atoms with Crippen LogP contribution in [0.15, 0.2) is 35.7 Å². The zero-order valence-electron chi connectivity index (χ0n) is 8.19. The van der Waals surface area contributed by atoms with Crippen LogP contribution in [0, 0.1) is 0 Å². The minimum atomic E-state index is -2.85. The van der Waals surface area contributed by atoms with Crippen LogP contribution < -0.4 is 10.5 Å². The summed E-state index contributed by atoms with van der Waals surface area (Å²) in [6.45, 7) is -2.85. The highest BCUT2D eigenvalue weighted by Crippen LogP contribution is 2.31. The Morgan fingerprint density at radius 3 is 2.62 bits per heavy atom. The van der Waals surface area contributed by atoms with Crippen molar-refractivity contribution in [3.63, 3.8) is 0 Å². The summed E-state index contributed by atoms with van der Waals surface area (Å²) < 4.78 is 28.3. The maximum Gasteiger partial charge on any atom is 0.387 e. The van der Waals surface area contributed by atoms with Gasteiger partial charge in [0.25, 0.3) is 0 Å². The Labute approximate surface area is 95.3 Å². The Morgan fingerprint density at radius 2 is 2.06 bits per heavy atom. The minimum absolute atomic E-state index is 0.00954. The minimum Gasteiger partial charge on any atom is -0.433 e. The molecular formula is C11H9F2NOS. The van der Waals surface area contributed by atoms with E-state index in [1.54, 1.807) is 23.5 Å². The third-order valence-electron chi connectivity index (χ3n) is 2.03. The van der Waals surface area contributed by atoms with Crippen LogP contribution in [0.5, 0.6) is 5.75 Å². The van der Waals surface area contributed by atoms with E-state index in [9.17, 15) is 8.78 Å². The standard InChI is InChI=1S/C11H9F2NOS/c12-11(13)15-9-4-3-7(6-8(9)14)10-2-1-5-16-10/h1-6,11H,14H2. The molecule has 0 spiro atoms. The van der Waals surface area contributed by atoms with Gasteiger partial charge in [-0.25, -0.2) is 0 Å². The van der Waals surface area contributed by atoms with Crippen LogP contribution in [0.2, 0.25) is 0 Å². The van der Waals surface area contributed by atoms with Gasteiger partial charge in [0.2, 0.25) is 0 Å². The Balaban J connectivity index is 2.29. The average Bonchev–Trinajstić information content (AvgIpc) is 2.73. The van der Waals surface area contributed by atoms with Crippen LogP contribution in [0.25, 0.3) is 10.4 Å². The summed E-state index contributed by atoms with van der Waals surface area (Å²) in [7, 11) is 0. The number of hydrogen-bond donors (Lipinski definition) is 1. The van der Waals surface area contributed by atoms with Crippen molar-refractivity contribution >= 4 is 17.0 Å². The normalized spacial score (nSPS) is 10.7. The van der Waals surface area contributed by atoms with Gasteiger partial charge in [0.1, 0.15) is 5.75 Å². The summed E-state index contributed by atoms with van der Waals surface area (Å²) >= 11 is 1.56. The summed E-state index contributed by atoms with van der Waals surface area (Å²) in [5, 5.41) is 1.94. The van der Waals surface area contributed by atoms with Crippen LogP contribution in [0.1, 0.15) is 0 Å². The molecule has 0 atom stereocenters. The van der Waals surface area contributed by atoms with Crippen molar-refractivity contribution < 1.29 is 13.5 Å². The summed E-state index contributed by atoms with van der Waals surface area (Å²) in [4.78, 5) is 1.04. The van der Waals surface area contributed by atoms with E-state index < -0.39 is 6.61 Å². The van der Waals surface area contributed by atoms with Crippen LogP contribution in [0.4, 0.5) is 14.5 Å². The number of rotatable bonds is 3. The first-order valence-electron chi connectivity index (χ1n) is 4.55. The molecule has 0 amide bonds. The monoisotopic (exact) mass is 241 g/mol. The first kappa shape index (κ1) is 10.9. The fourth-order valence-corrected chi connectivity index (χ4v) is 2.07. The molecule has 2 aromatic rings. The second kappa shape index (κ2) is 4.49. The molecule has 0 bridgehead atoms. The van der Waals surface area contributed by atoms with Gasteiger partial charge in [-0.05, 0) is 35.2 Å². The smallest absolute Gasteiger partial charge is 0.387 e. The summed E-state index contributed by atoms with van der Waals surface area (Å²) in [5.41, 5.74) is 6.73. The molecule has 1 heterocycles. The Morgan fingerprint density at radius 1 is 1.25 bits per heavy atom. The molecular weight excluding hydrogens is 232 g/mol. The molecule has 0 unspecified atom stereocenters. The lowest BCUT2D eigenvalue weighted by Crippen LogP contribution is -2.04. The lowest BCUT2D eigenvalue weighted by atomic mass is 10.1. The summed E-state index contributed by atoms with van der Waals surface area (Å²) in [6, 6.07) is 8.65. The topological polar surface area (TPSA) is 35.2 Å². The Kier molecular flexibility index (Phi) is 3.05. The van der Waals surface area contributed by atoms with Crippen LogP contribution in [-0.4, -0.2) is 6.61 Å². The first-order chi connectivity index (χ1) is 7.66. The second-order valence-electron chi connectivity index (χ2n) is 3.11. The number of nitrogen functional groups attached to an aromatic ring is 1. The highest BCUT2D eigenvalue weighted by molar-refractivity contribution is 7.13. The molecule has 0 saturated carbocycles. The molecule has 2 rings (SSSR count). The van der Waals surface area contributed by atoms with E-state index >= 15 is 0 Å². The third kappa shape index (κ3) is 2.30. The van der Waals surface area contributed by atoms with Gasteiger partial charge in [-0.3, -0.25) is 0 Å². The molecule has 16 heavy (non-hydrogen) atoms. The van der Waals surface area contributed by atoms with Crippen molar-refractivity contribution in [1.82, 2.24) is 0 Å². The van der Waals surface area contributed by atoms with Gasteiger partial charge >= 0.3 is 6.61 Å². The largest absolute Gasteiger partial charge is 0.433 e.